The molecule has 0 unspecified atom stereocenters. The lowest BCUT2D eigenvalue weighted by atomic mass is 10.3. The van der Waals surface area contributed by atoms with Crippen molar-refractivity contribution in [3.8, 4) is 0 Å². The molecule has 0 bridgehead atoms. The van der Waals surface area contributed by atoms with Crippen LogP contribution in [0.4, 0.5) is 10.1 Å². The molecular weight excluding hydrogens is 387 g/mol. The second-order valence-electron chi connectivity index (χ2n) is 6.00. The Labute approximate surface area is 164 Å². The standard InChI is InChI=1S/C19H23FN2O3S2/c1-3-4-13-22(2)27(24,25)18-11-7-16(8-12-18)21-19(23)14-26-17-9-5-15(20)6-10-17/h5-12H,3-4,13-14H2,1-2H3,(H,21,23). The van der Waals surface area contributed by atoms with Crippen molar-refractivity contribution < 1.29 is 17.6 Å². The molecule has 0 aliphatic rings. The van der Waals surface area contributed by atoms with Crippen molar-refractivity contribution in [3.63, 3.8) is 0 Å². The molecule has 5 nitrogen and oxygen atoms in total. The van der Waals surface area contributed by atoms with E-state index in [4.69, 9.17) is 0 Å². The first-order valence-corrected chi connectivity index (χ1v) is 11.0. The van der Waals surface area contributed by atoms with E-state index in [-0.39, 0.29) is 22.4 Å². The highest BCUT2D eigenvalue weighted by Crippen LogP contribution is 2.20. The van der Waals surface area contributed by atoms with Crippen molar-refractivity contribution in [3.05, 3.63) is 54.3 Å². The topological polar surface area (TPSA) is 66.5 Å². The number of nitrogens with zero attached hydrogens (tertiary/aromatic N) is 1. The van der Waals surface area contributed by atoms with Crippen molar-refractivity contribution in [2.45, 2.75) is 29.6 Å². The van der Waals surface area contributed by atoms with Crippen LogP contribution in [0.15, 0.2) is 58.3 Å². The Kier molecular flexibility index (Phi) is 7.82. The Bertz CT molecular complexity index is 854. The van der Waals surface area contributed by atoms with Crippen LogP contribution in [0.1, 0.15) is 19.8 Å². The molecule has 2 aromatic carbocycles. The maximum atomic E-state index is 12.9. The molecule has 0 radical (unpaired) electrons. The van der Waals surface area contributed by atoms with Crippen LogP contribution in [-0.4, -0.2) is 38.0 Å². The van der Waals surface area contributed by atoms with Crippen molar-refractivity contribution in [2.75, 3.05) is 24.7 Å². The molecule has 0 saturated heterocycles. The van der Waals surface area contributed by atoms with Gasteiger partial charge in [-0.2, -0.15) is 0 Å². The van der Waals surface area contributed by atoms with Crippen LogP contribution in [0.2, 0.25) is 0 Å². The third-order valence-corrected chi connectivity index (χ3v) is 6.74. The normalized spacial score (nSPS) is 11.6. The maximum absolute atomic E-state index is 12.9. The summed E-state index contributed by atoms with van der Waals surface area (Å²) in [4.78, 5) is 13.0. The zero-order valence-corrected chi connectivity index (χ0v) is 16.9. The Morgan fingerprint density at radius 3 is 2.33 bits per heavy atom. The highest BCUT2D eigenvalue weighted by Gasteiger charge is 2.20. The molecule has 2 rings (SSSR count). The summed E-state index contributed by atoms with van der Waals surface area (Å²) in [5.74, 6) is -0.370. The van der Waals surface area contributed by atoms with Gasteiger partial charge in [-0.25, -0.2) is 17.1 Å². The van der Waals surface area contributed by atoms with Gasteiger partial charge in [0.15, 0.2) is 0 Å². The van der Waals surface area contributed by atoms with Crippen LogP contribution in [-0.2, 0) is 14.8 Å². The molecular formula is C19H23FN2O3S2. The molecule has 0 aliphatic carbocycles. The van der Waals surface area contributed by atoms with Gasteiger partial charge in [0, 0.05) is 24.2 Å². The van der Waals surface area contributed by atoms with Crippen LogP contribution < -0.4 is 5.32 Å². The van der Waals surface area contributed by atoms with Gasteiger partial charge in [0.2, 0.25) is 15.9 Å². The van der Waals surface area contributed by atoms with Crippen molar-refractivity contribution in [2.24, 2.45) is 0 Å². The predicted molar refractivity (Wildman–Crippen MR) is 107 cm³/mol. The summed E-state index contributed by atoms with van der Waals surface area (Å²) in [5, 5.41) is 2.72. The highest BCUT2D eigenvalue weighted by atomic mass is 32.2. The number of nitrogens with one attached hydrogen (secondary N) is 1. The van der Waals surface area contributed by atoms with Gasteiger partial charge in [-0.05, 0) is 55.0 Å². The minimum Gasteiger partial charge on any atom is -0.325 e. The molecule has 0 fully saturated rings. The lowest BCUT2D eigenvalue weighted by Gasteiger charge is -2.17. The predicted octanol–water partition coefficient (Wildman–Crippen LogP) is 3.98. The summed E-state index contributed by atoms with van der Waals surface area (Å²) in [6.07, 6.45) is 1.72. The fourth-order valence-electron chi connectivity index (χ4n) is 2.27. The first kappa shape index (κ1) is 21.4. The summed E-state index contributed by atoms with van der Waals surface area (Å²) in [5.41, 5.74) is 0.523. The Morgan fingerprint density at radius 2 is 1.74 bits per heavy atom. The third-order valence-electron chi connectivity index (χ3n) is 3.86. The van der Waals surface area contributed by atoms with E-state index in [0.717, 1.165) is 17.7 Å². The van der Waals surface area contributed by atoms with Gasteiger partial charge in [0.05, 0.1) is 10.6 Å². The molecule has 1 N–H and O–H groups in total. The van der Waals surface area contributed by atoms with Gasteiger partial charge in [0.1, 0.15) is 5.82 Å². The number of sulfonamides is 1. The molecule has 0 atom stereocenters. The summed E-state index contributed by atoms with van der Waals surface area (Å²) in [6.45, 7) is 2.48. The van der Waals surface area contributed by atoms with Gasteiger partial charge >= 0.3 is 0 Å². The first-order chi connectivity index (χ1) is 12.8. The fraction of sp³-hybridized carbons (Fsp3) is 0.316. The number of rotatable bonds is 9. The SMILES string of the molecule is CCCCN(C)S(=O)(=O)c1ccc(NC(=O)CSc2ccc(F)cc2)cc1. The Balaban J connectivity index is 1.92. The maximum Gasteiger partial charge on any atom is 0.242 e. The lowest BCUT2D eigenvalue weighted by Crippen LogP contribution is -2.27. The molecule has 0 aliphatic heterocycles. The summed E-state index contributed by atoms with van der Waals surface area (Å²) in [6, 6.07) is 12.0. The third kappa shape index (κ3) is 6.34. The van der Waals surface area contributed by atoms with E-state index in [2.05, 4.69) is 5.32 Å². The number of carbonyl (C=O) groups excluding carboxylic acids is 1. The number of halogens is 1. The van der Waals surface area contributed by atoms with Gasteiger partial charge in [-0.15, -0.1) is 11.8 Å². The summed E-state index contributed by atoms with van der Waals surface area (Å²) < 4.78 is 39.1. The van der Waals surface area contributed by atoms with E-state index in [0.29, 0.717) is 12.2 Å². The largest absolute Gasteiger partial charge is 0.325 e. The average Bonchev–Trinajstić information content (AvgIpc) is 2.66. The minimum atomic E-state index is -3.52. The van der Waals surface area contributed by atoms with Gasteiger partial charge in [-0.3, -0.25) is 4.79 Å². The lowest BCUT2D eigenvalue weighted by molar-refractivity contribution is -0.113. The number of benzene rings is 2. The van der Waals surface area contributed by atoms with E-state index in [9.17, 15) is 17.6 Å². The van der Waals surface area contributed by atoms with E-state index >= 15 is 0 Å². The number of hydrogen-bond donors (Lipinski definition) is 1. The molecule has 27 heavy (non-hydrogen) atoms. The minimum absolute atomic E-state index is 0.172. The second-order valence-corrected chi connectivity index (χ2v) is 9.09. The smallest absolute Gasteiger partial charge is 0.242 e. The number of anilines is 1. The van der Waals surface area contributed by atoms with E-state index < -0.39 is 10.0 Å². The van der Waals surface area contributed by atoms with Crippen LogP contribution in [0, 0.1) is 5.82 Å². The van der Waals surface area contributed by atoms with Gasteiger partial charge in [0.25, 0.3) is 0 Å². The number of unbranched alkanes of at least 4 members (excludes halogenated alkanes) is 1. The van der Waals surface area contributed by atoms with Crippen LogP contribution in [0.5, 0.6) is 0 Å². The monoisotopic (exact) mass is 410 g/mol. The number of hydrogen-bond acceptors (Lipinski definition) is 4. The average molecular weight is 411 g/mol. The van der Waals surface area contributed by atoms with Crippen molar-refractivity contribution in [1.82, 2.24) is 4.31 Å². The van der Waals surface area contributed by atoms with Crippen molar-refractivity contribution >= 4 is 33.4 Å². The van der Waals surface area contributed by atoms with Crippen molar-refractivity contribution in [1.29, 1.82) is 0 Å². The number of carbonyl (C=O) groups is 1. The quantitative estimate of drug-likeness (QED) is 0.635. The number of amides is 1. The first-order valence-electron chi connectivity index (χ1n) is 8.57. The zero-order chi connectivity index (χ0) is 19.9. The molecule has 1 amide bonds. The summed E-state index contributed by atoms with van der Waals surface area (Å²) in [7, 11) is -1.96. The molecule has 146 valence electrons. The second kappa shape index (κ2) is 9.87. The van der Waals surface area contributed by atoms with Crippen LogP contribution >= 0.6 is 11.8 Å². The molecule has 8 heteroatoms. The number of thioether (sulfide) groups is 1. The molecule has 0 heterocycles. The van der Waals surface area contributed by atoms with E-state index in [1.165, 1.54) is 40.3 Å². The summed E-state index contributed by atoms with van der Waals surface area (Å²) >= 11 is 1.29. The fourth-order valence-corrected chi connectivity index (χ4v) is 4.18. The Morgan fingerprint density at radius 1 is 1.11 bits per heavy atom. The molecule has 0 saturated carbocycles. The van der Waals surface area contributed by atoms with Crippen LogP contribution in [0.3, 0.4) is 0 Å². The molecule has 0 spiro atoms. The van der Waals surface area contributed by atoms with Gasteiger partial charge < -0.3 is 5.32 Å². The zero-order valence-electron chi connectivity index (χ0n) is 15.3. The highest BCUT2D eigenvalue weighted by molar-refractivity contribution is 8.00. The molecule has 0 aromatic heterocycles. The van der Waals surface area contributed by atoms with Gasteiger partial charge in [-0.1, -0.05) is 13.3 Å². The van der Waals surface area contributed by atoms with Crippen LogP contribution in [0.25, 0.3) is 0 Å². The Hall–Kier alpha value is -1.90. The molecule has 2 aromatic rings. The van der Waals surface area contributed by atoms with E-state index in [1.54, 1.807) is 31.3 Å². The van der Waals surface area contributed by atoms with E-state index in [1.807, 2.05) is 6.92 Å².